The van der Waals surface area contributed by atoms with Gasteiger partial charge >= 0.3 is 6.03 Å². The molecular formula is C37H59ClN8O6S. The standard InChI is InChI=1S/C37H59ClN8O6S/c1-9-10-11-12-13-14-15-16-17-20-23-53(50,51)45-34(49)39-24-28(47)40-26-21-18-19-22-27(26)52-25-29(48)41-37(7,8)36(5,6)33-43-42-32-30(38)31(35(2,3)4)44-46(32)33/h18-19,21-22,44H,9-17,20,23-25H2,1-8H3,(H,40,47)(H,41,48)(H2,39,45,49). The van der Waals surface area contributed by atoms with Crippen LogP contribution in [0.25, 0.3) is 5.65 Å². The minimum Gasteiger partial charge on any atom is -0.482 e. The van der Waals surface area contributed by atoms with E-state index in [1.807, 2.05) is 53.2 Å². The van der Waals surface area contributed by atoms with Gasteiger partial charge in [-0.05, 0) is 32.4 Å². The number of carbonyl (C=O) groups is 3. The molecule has 0 spiro atoms. The zero-order chi connectivity index (χ0) is 39.5. The van der Waals surface area contributed by atoms with Crippen molar-refractivity contribution in [2.75, 3.05) is 24.2 Å². The number of fused-ring (bicyclic) bond motifs is 1. The largest absolute Gasteiger partial charge is 0.482 e. The van der Waals surface area contributed by atoms with Gasteiger partial charge in [0.25, 0.3) is 5.91 Å². The molecule has 0 bridgehead atoms. The van der Waals surface area contributed by atoms with Crippen LogP contribution in [-0.2, 0) is 30.4 Å². The molecule has 16 heteroatoms. The monoisotopic (exact) mass is 778 g/mol. The molecule has 0 unspecified atom stereocenters. The predicted octanol–water partition coefficient (Wildman–Crippen LogP) is 6.75. The van der Waals surface area contributed by atoms with Gasteiger partial charge in [-0.25, -0.2) is 22.4 Å². The number of hydrogen-bond donors (Lipinski definition) is 5. The van der Waals surface area contributed by atoms with Crippen molar-refractivity contribution in [2.45, 2.75) is 136 Å². The van der Waals surface area contributed by atoms with E-state index in [0.717, 1.165) is 31.4 Å². The van der Waals surface area contributed by atoms with Crippen molar-refractivity contribution >= 4 is 50.8 Å². The maximum absolute atomic E-state index is 13.2. The Bertz CT molecular complexity index is 1800. The lowest BCUT2D eigenvalue weighted by Gasteiger charge is -2.40. The van der Waals surface area contributed by atoms with E-state index < -0.39 is 45.4 Å². The summed E-state index contributed by atoms with van der Waals surface area (Å²) in [5, 5.41) is 20.5. The van der Waals surface area contributed by atoms with Gasteiger partial charge in [0.2, 0.25) is 15.9 Å². The molecule has 3 rings (SSSR count). The lowest BCUT2D eigenvalue weighted by Crippen LogP contribution is -2.57. The second kappa shape index (κ2) is 19.0. The lowest BCUT2D eigenvalue weighted by atomic mass is 9.73. The number of H-pyrrole nitrogens is 1. The number of amides is 4. The third-order valence-electron chi connectivity index (χ3n) is 9.57. The van der Waals surface area contributed by atoms with Crippen molar-refractivity contribution in [3.63, 3.8) is 0 Å². The average molecular weight is 779 g/mol. The predicted molar refractivity (Wildman–Crippen MR) is 209 cm³/mol. The number of halogens is 1. The minimum atomic E-state index is -3.84. The number of anilines is 1. The molecule has 14 nitrogen and oxygen atoms in total. The summed E-state index contributed by atoms with van der Waals surface area (Å²) in [5.41, 5.74) is -0.229. The van der Waals surface area contributed by atoms with Crippen LogP contribution in [0.5, 0.6) is 5.75 Å². The summed E-state index contributed by atoms with van der Waals surface area (Å²) in [7, 11) is -3.84. The Morgan fingerprint density at radius 3 is 2.09 bits per heavy atom. The van der Waals surface area contributed by atoms with Gasteiger partial charge in [-0.2, -0.15) is 0 Å². The number of sulfonamides is 1. The Morgan fingerprint density at radius 2 is 1.47 bits per heavy atom. The number of hydrogen-bond acceptors (Lipinski definition) is 8. The number of aromatic nitrogens is 4. The van der Waals surface area contributed by atoms with E-state index in [0.29, 0.717) is 22.9 Å². The number of benzene rings is 1. The molecule has 53 heavy (non-hydrogen) atoms. The van der Waals surface area contributed by atoms with Crippen LogP contribution >= 0.6 is 11.6 Å². The topological polar surface area (TPSA) is 189 Å². The number of aromatic amines is 1. The van der Waals surface area contributed by atoms with Crippen molar-refractivity contribution in [1.29, 1.82) is 0 Å². The number of para-hydroxylation sites is 2. The Kier molecular flexibility index (Phi) is 15.6. The highest BCUT2D eigenvalue weighted by Gasteiger charge is 2.44. The highest BCUT2D eigenvalue weighted by atomic mass is 35.5. The fourth-order valence-corrected chi connectivity index (χ4v) is 7.22. The van der Waals surface area contributed by atoms with Crippen molar-refractivity contribution < 1.29 is 27.5 Å². The van der Waals surface area contributed by atoms with Gasteiger partial charge in [0.1, 0.15) is 10.8 Å². The number of urea groups is 1. The Balaban J connectivity index is 1.46. The molecule has 4 amide bonds. The Morgan fingerprint density at radius 1 is 0.868 bits per heavy atom. The van der Waals surface area contributed by atoms with Crippen molar-refractivity contribution in [2.24, 2.45) is 0 Å². The first kappa shape index (κ1) is 43.6. The summed E-state index contributed by atoms with van der Waals surface area (Å²) in [6.07, 6.45) is 10.6. The Labute approximate surface area is 319 Å². The number of ether oxygens (including phenoxy) is 1. The molecule has 0 aliphatic carbocycles. The van der Waals surface area contributed by atoms with Crippen LogP contribution in [0.1, 0.15) is 131 Å². The SMILES string of the molecule is CCCCCCCCCCCCS(=O)(=O)NC(=O)NCC(=O)Nc1ccccc1OCC(=O)NC(C)(C)C(C)(C)c1nnc2c(Cl)c(C(C)(C)C)[nH]n12. The molecule has 3 aromatic rings. The molecule has 2 heterocycles. The summed E-state index contributed by atoms with van der Waals surface area (Å²) in [4.78, 5) is 38.1. The zero-order valence-corrected chi connectivity index (χ0v) is 34.2. The molecule has 296 valence electrons. The summed E-state index contributed by atoms with van der Waals surface area (Å²) >= 11 is 6.63. The fraction of sp³-hybridized carbons (Fsp3) is 0.649. The van der Waals surface area contributed by atoms with Crippen LogP contribution in [0.15, 0.2) is 24.3 Å². The lowest BCUT2D eigenvalue weighted by molar-refractivity contribution is -0.125. The van der Waals surface area contributed by atoms with Gasteiger partial charge in [0.15, 0.2) is 18.1 Å². The van der Waals surface area contributed by atoms with E-state index in [-0.39, 0.29) is 29.2 Å². The van der Waals surface area contributed by atoms with E-state index in [1.165, 1.54) is 32.1 Å². The second-order valence-electron chi connectivity index (χ2n) is 15.7. The first-order valence-corrected chi connectivity index (χ1v) is 20.6. The third kappa shape index (κ3) is 12.6. The first-order valence-electron chi connectivity index (χ1n) is 18.5. The molecule has 1 aromatic carbocycles. The van der Waals surface area contributed by atoms with E-state index in [1.54, 1.807) is 28.8 Å². The average Bonchev–Trinajstić information content (AvgIpc) is 3.64. The fourth-order valence-electron chi connectivity index (χ4n) is 5.73. The summed E-state index contributed by atoms with van der Waals surface area (Å²) in [6.45, 7) is 15.1. The van der Waals surface area contributed by atoms with E-state index in [4.69, 9.17) is 16.3 Å². The highest BCUT2D eigenvalue weighted by molar-refractivity contribution is 7.90. The van der Waals surface area contributed by atoms with Crippen LogP contribution in [-0.4, -0.2) is 70.5 Å². The van der Waals surface area contributed by atoms with Gasteiger partial charge in [-0.15, -0.1) is 10.2 Å². The maximum Gasteiger partial charge on any atom is 0.328 e. The van der Waals surface area contributed by atoms with Crippen LogP contribution < -0.4 is 25.4 Å². The molecule has 0 fully saturated rings. The minimum absolute atomic E-state index is 0.166. The maximum atomic E-state index is 13.2. The molecule has 2 aromatic heterocycles. The summed E-state index contributed by atoms with van der Waals surface area (Å²) in [6, 6.07) is 5.54. The number of unbranched alkanes of at least 4 members (excludes halogenated alkanes) is 9. The zero-order valence-electron chi connectivity index (χ0n) is 32.6. The molecular weight excluding hydrogens is 720 g/mol. The van der Waals surface area contributed by atoms with Crippen LogP contribution in [0.4, 0.5) is 10.5 Å². The quantitative estimate of drug-likeness (QED) is 0.0735. The van der Waals surface area contributed by atoms with Crippen LogP contribution in [0, 0.1) is 0 Å². The number of carbonyl (C=O) groups excluding carboxylic acids is 3. The first-order chi connectivity index (χ1) is 24.8. The Hall–Kier alpha value is -3.85. The van der Waals surface area contributed by atoms with Crippen molar-refractivity contribution in [3.8, 4) is 5.75 Å². The number of nitrogens with zero attached hydrogens (tertiary/aromatic N) is 3. The molecule has 0 radical (unpaired) electrons. The third-order valence-corrected chi connectivity index (χ3v) is 11.3. The summed E-state index contributed by atoms with van der Waals surface area (Å²) < 4.78 is 34.2. The van der Waals surface area contributed by atoms with Crippen molar-refractivity contribution in [3.05, 3.63) is 40.8 Å². The highest BCUT2D eigenvalue weighted by Crippen LogP contribution is 2.37. The molecule has 0 atom stereocenters. The summed E-state index contributed by atoms with van der Waals surface area (Å²) in [5.74, 6) is -0.387. The van der Waals surface area contributed by atoms with Crippen LogP contribution in [0.3, 0.4) is 0 Å². The van der Waals surface area contributed by atoms with E-state index >= 15 is 0 Å². The van der Waals surface area contributed by atoms with Crippen LogP contribution in [0.2, 0.25) is 5.02 Å². The number of nitrogens with one attached hydrogen (secondary N) is 5. The molecule has 0 saturated carbocycles. The van der Waals surface area contributed by atoms with Gasteiger partial charge in [0, 0.05) is 16.4 Å². The smallest absolute Gasteiger partial charge is 0.328 e. The second-order valence-corrected chi connectivity index (χ2v) is 17.9. The van der Waals surface area contributed by atoms with Gasteiger partial charge < -0.3 is 20.7 Å². The molecule has 0 saturated heterocycles. The molecule has 5 N–H and O–H groups in total. The molecule has 0 aliphatic heterocycles. The van der Waals surface area contributed by atoms with Gasteiger partial charge in [-0.1, -0.05) is 123 Å². The van der Waals surface area contributed by atoms with Gasteiger partial charge in [-0.3, -0.25) is 14.7 Å². The van der Waals surface area contributed by atoms with Gasteiger partial charge in [0.05, 0.1) is 23.7 Å². The number of rotatable bonds is 21. The molecule has 0 aliphatic rings. The van der Waals surface area contributed by atoms with E-state index in [2.05, 4.69) is 38.2 Å². The van der Waals surface area contributed by atoms with E-state index in [9.17, 15) is 22.8 Å². The van der Waals surface area contributed by atoms with Crippen molar-refractivity contribution in [1.82, 2.24) is 35.2 Å². The normalized spacial score (nSPS) is 12.5.